The summed E-state index contributed by atoms with van der Waals surface area (Å²) >= 11 is 7.69. The zero-order valence-electron chi connectivity index (χ0n) is 6.03. The van der Waals surface area contributed by atoms with Crippen molar-refractivity contribution >= 4 is 55.5 Å². The monoisotopic (exact) mass is 327 g/mol. The average Bonchev–Trinajstić information content (AvgIpc) is 2.45. The first-order chi connectivity index (χ1) is 5.96. The Bertz CT molecular complexity index is 341. The molecule has 0 aromatic carbocycles. The van der Waals surface area contributed by atoms with Crippen LogP contribution in [0.2, 0.25) is 0 Å². The zero-order chi connectivity index (χ0) is 9.80. The van der Waals surface area contributed by atoms with Gasteiger partial charge in [-0.05, 0) is 0 Å². The van der Waals surface area contributed by atoms with Crippen molar-refractivity contribution in [3.05, 3.63) is 11.1 Å². The maximum atomic E-state index is 11.4. The van der Waals surface area contributed by atoms with Crippen LogP contribution in [-0.2, 0) is 9.59 Å². The molecule has 0 aromatic rings. The summed E-state index contributed by atoms with van der Waals surface area (Å²) in [5.41, 5.74) is 0.0505. The number of nitrogens with zero attached hydrogens (tertiary/aromatic N) is 1. The summed E-state index contributed by atoms with van der Waals surface area (Å²) in [5.74, 6) is -1.34. The molecule has 0 saturated carbocycles. The van der Waals surface area contributed by atoms with E-state index in [1.54, 1.807) is 0 Å². The number of carboxylic acids is 1. The smallest absolute Gasteiger partial charge is 0.353 e. The maximum Gasteiger partial charge on any atom is 0.353 e. The molecule has 0 spiro atoms. The third kappa shape index (κ3) is 1.10. The van der Waals surface area contributed by atoms with Crippen molar-refractivity contribution in [2.75, 3.05) is 0 Å². The molecule has 70 valence electrons. The van der Waals surface area contributed by atoms with Crippen LogP contribution in [0.1, 0.15) is 0 Å². The van der Waals surface area contributed by atoms with E-state index >= 15 is 0 Å². The van der Waals surface area contributed by atoms with Crippen molar-refractivity contribution in [1.29, 1.82) is 0 Å². The quantitative estimate of drug-likeness (QED) is 0.582. The highest BCUT2D eigenvalue weighted by molar-refractivity contribution is 9.26. The molecule has 13 heavy (non-hydrogen) atoms. The summed E-state index contributed by atoms with van der Waals surface area (Å²) < 4.78 is -0.793. The van der Waals surface area contributed by atoms with Gasteiger partial charge in [0.05, 0.1) is 0 Å². The molecular formula is C6H3Br2NO3S. The van der Waals surface area contributed by atoms with Crippen LogP contribution in [-0.4, -0.2) is 30.5 Å². The van der Waals surface area contributed by atoms with Crippen molar-refractivity contribution < 1.29 is 14.7 Å². The van der Waals surface area contributed by atoms with Crippen LogP contribution in [0.5, 0.6) is 0 Å². The first-order valence-electron chi connectivity index (χ1n) is 3.26. The van der Waals surface area contributed by atoms with Gasteiger partial charge in [-0.15, -0.1) is 11.8 Å². The fraction of sp³-hybridized carbons (Fsp3) is 0.333. The Kier molecular flexibility index (Phi) is 2.01. The summed E-state index contributed by atoms with van der Waals surface area (Å²) in [7, 11) is 0. The summed E-state index contributed by atoms with van der Waals surface area (Å²) in [6.07, 6.45) is 0. The van der Waals surface area contributed by atoms with Gasteiger partial charge in [-0.1, -0.05) is 31.9 Å². The number of rotatable bonds is 1. The molecule has 0 unspecified atom stereocenters. The molecule has 4 nitrogen and oxygen atoms in total. The number of amides is 1. The van der Waals surface area contributed by atoms with E-state index in [2.05, 4.69) is 31.9 Å². The van der Waals surface area contributed by atoms with Crippen LogP contribution in [0, 0.1) is 0 Å². The minimum absolute atomic E-state index is 0.0505. The van der Waals surface area contributed by atoms with E-state index in [-0.39, 0.29) is 17.0 Å². The number of aliphatic carboxylic acids is 1. The number of thioether (sulfide) groups is 1. The number of carbonyl (C=O) groups excluding carboxylic acids is 1. The number of alkyl halides is 2. The lowest BCUT2D eigenvalue weighted by molar-refractivity contribution is -0.145. The second kappa shape index (κ2) is 2.74. The molecule has 1 atom stereocenters. The van der Waals surface area contributed by atoms with E-state index in [0.29, 0.717) is 0 Å². The highest BCUT2D eigenvalue weighted by atomic mass is 79.9. The molecule has 0 bridgehead atoms. The second-order valence-corrected chi connectivity index (χ2v) is 7.12. The SMILES string of the molecule is O=C(O)C1=CS[C@@H]2N1C(=O)C2(Br)Br. The molecule has 0 radical (unpaired) electrons. The van der Waals surface area contributed by atoms with Crippen LogP contribution in [0.15, 0.2) is 11.1 Å². The molecule has 2 rings (SSSR count). The summed E-state index contributed by atoms with van der Waals surface area (Å²) in [6, 6.07) is 0. The molecule has 7 heteroatoms. The van der Waals surface area contributed by atoms with E-state index in [1.165, 1.54) is 22.1 Å². The van der Waals surface area contributed by atoms with Gasteiger partial charge in [0, 0.05) is 5.41 Å². The molecule has 2 heterocycles. The van der Waals surface area contributed by atoms with Gasteiger partial charge in [-0.25, -0.2) is 4.79 Å². The molecule has 2 aliphatic heterocycles. The minimum Gasteiger partial charge on any atom is -0.477 e. The van der Waals surface area contributed by atoms with E-state index in [0.717, 1.165) is 0 Å². The van der Waals surface area contributed by atoms with Crippen molar-refractivity contribution in [3.63, 3.8) is 0 Å². The molecule has 1 fully saturated rings. The fourth-order valence-electron chi connectivity index (χ4n) is 1.19. The molecule has 1 amide bonds. The predicted octanol–water partition coefficient (Wildman–Crippen LogP) is 1.31. The lowest BCUT2D eigenvalue weighted by Crippen LogP contribution is -2.64. The van der Waals surface area contributed by atoms with Gasteiger partial charge in [0.25, 0.3) is 5.91 Å². The fourth-order valence-corrected chi connectivity index (χ4v) is 3.70. The molecule has 0 aliphatic carbocycles. The van der Waals surface area contributed by atoms with Crippen molar-refractivity contribution in [3.8, 4) is 0 Å². The van der Waals surface area contributed by atoms with Gasteiger partial charge in [-0.2, -0.15) is 0 Å². The van der Waals surface area contributed by atoms with E-state index in [1.807, 2.05) is 0 Å². The molecule has 2 aliphatic rings. The van der Waals surface area contributed by atoms with Crippen LogP contribution in [0.4, 0.5) is 0 Å². The van der Waals surface area contributed by atoms with Gasteiger partial charge in [0.1, 0.15) is 11.1 Å². The Labute approximate surface area is 94.6 Å². The number of hydrogen-bond donors (Lipinski definition) is 1. The lowest BCUT2D eigenvalue weighted by atomic mass is 10.2. The number of β-lactam (4-membered cyclic amide) rings is 1. The topological polar surface area (TPSA) is 57.6 Å². The average molecular weight is 329 g/mol. The zero-order valence-corrected chi connectivity index (χ0v) is 10.0. The van der Waals surface area contributed by atoms with Crippen LogP contribution in [0.3, 0.4) is 0 Å². The van der Waals surface area contributed by atoms with E-state index in [4.69, 9.17) is 5.11 Å². The number of carbonyl (C=O) groups is 2. The van der Waals surface area contributed by atoms with Crippen LogP contribution >= 0.6 is 43.6 Å². The van der Waals surface area contributed by atoms with Gasteiger partial charge < -0.3 is 5.11 Å². The van der Waals surface area contributed by atoms with Crippen LogP contribution in [0.25, 0.3) is 0 Å². The summed E-state index contributed by atoms with van der Waals surface area (Å²) in [4.78, 5) is 23.3. The summed E-state index contributed by atoms with van der Waals surface area (Å²) in [6.45, 7) is 0. The number of halogens is 2. The van der Waals surface area contributed by atoms with Gasteiger partial charge in [-0.3, -0.25) is 9.69 Å². The Morgan fingerprint density at radius 1 is 1.69 bits per heavy atom. The summed E-state index contributed by atoms with van der Waals surface area (Å²) in [5, 5.41) is 10.0. The highest BCUT2D eigenvalue weighted by Gasteiger charge is 2.62. The lowest BCUT2D eigenvalue weighted by Gasteiger charge is -2.45. The number of hydrogen-bond acceptors (Lipinski definition) is 3. The predicted molar refractivity (Wildman–Crippen MR) is 54.5 cm³/mol. The minimum atomic E-state index is -1.07. The third-order valence-electron chi connectivity index (χ3n) is 1.84. The molecule has 1 saturated heterocycles. The highest BCUT2D eigenvalue weighted by Crippen LogP contribution is 2.54. The van der Waals surface area contributed by atoms with Crippen molar-refractivity contribution in [1.82, 2.24) is 4.90 Å². The first kappa shape index (κ1) is 9.54. The van der Waals surface area contributed by atoms with Gasteiger partial charge in [0.15, 0.2) is 3.23 Å². The number of carboxylic acid groups (broad SMARTS) is 1. The Balaban J connectivity index is 2.28. The molecule has 0 aromatic heterocycles. The molecule has 1 N–H and O–H groups in total. The standard InChI is InChI=1S/C6H3Br2NO3S/c7-6(8)4(12)9-2(3(10)11)1-13-5(6)9/h1,5H,(H,10,11)/t5-/m0/s1. The Morgan fingerprint density at radius 2 is 2.31 bits per heavy atom. The third-order valence-corrected chi connectivity index (χ3v) is 5.17. The first-order valence-corrected chi connectivity index (χ1v) is 5.79. The van der Waals surface area contributed by atoms with E-state index in [9.17, 15) is 9.59 Å². The van der Waals surface area contributed by atoms with Gasteiger partial charge in [0.2, 0.25) is 0 Å². The van der Waals surface area contributed by atoms with Gasteiger partial charge >= 0.3 is 5.97 Å². The number of fused-ring (bicyclic) bond motifs is 1. The second-order valence-electron chi connectivity index (χ2n) is 2.59. The Morgan fingerprint density at radius 3 is 2.85 bits per heavy atom. The Hall–Kier alpha value is -0.0100. The van der Waals surface area contributed by atoms with Crippen molar-refractivity contribution in [2.24, 2.45) is 0 Å². The normalized spacial score (nSPS) is 29.4. The largest absolute Gasteiger partial charge is 0.477 e. The van der Waals surface area contributed by atoms with Crippen LogP contribution < -0.4 is 0 Å². The maximum absolute atomic E-state index is 11.4. The van der Waals surface area contributed by atoms with E-state index < -0.39 is 9.20 Å². The molecular weight excluding hydrogens is 326 g/mol. The van der Waals surface area contributed by atoms with Crippen molar-refractivity contribution in [2.45, 2.75) is 8.61 Å².